The maximum Gasteiger partial charge on any atom is 0.306 e. The second kappa shape index (κ2) is 12.3. The van der Waals surface area contributed by atoms with E-state index in [0.29, 0.717) is 51.4 Å². The van der Waals surface area contributed by atoms with Crippen molar-refractivity contribution >= 4 is 23.9 Å². The lowest BCUT2D eigenvalue weighted by atomic mass is 9.95. The lowest BCUT2D eigenvalue weighted by molar-refractivity contribution is -0.158. The van der Waals surface area contributed by atoms with Crippen molar-refractivity contribution in [2.45, 2.75) is 89.3 Å². The topological polar surface area (TPSA) is 127 Å². The molecule has 2 N–H and O–H groups in total. The molecule has 0 bridgehead atoms. The van der Waals surface area contributed by atoms with Crippen molar-refractivity contribution < 1.29 is 38.9 Å². The van der Waals surface area contributed by atoms with Crippen LogP contribution in [0.15, 0.2) is 0 Å². The minimum Gasteiger partial charge on any atom is -0.481 e. The standard InChI is InChI=1S/C18H28O8/c19-15(20)5-1-3-7-17(23)25-13-9-11-14(12-10-13)26-18(24)8-4-2-6-16(21)22/h13-14H,1-12H2,(H,19,20)(H,21,22)/t13-,14-. The van der Waals surface area contributed by atoms with Crippen molar-refractivity contribution in [3.05, 3.63) is 0 Å². The van der Waals surface area contributed by atoms with E-state index in [4.69, 9.17) is 19.7 Å². The molecule has 26 heavy (non-hydrogen) atoms. The Balaban J connectivity index is 2.10. The van der Waals surface area contributed by atoms with Gasteiger partial charge in [0.15, 0.2) is 0 Å². The summed E-state index contributed by atoms with van der Waals surface area (Å²) >= 11 is 0. The average Bonchev–Trinajstić information content (AvgIpc) is 2.57. The molecule has 0 aromatic rings. The van der Waals surface area contributed by atoms with E-state index < -0.39 is 11.9 Å². The Morgan fingerprint density at radius 2 is 0.923 bits per heavy atom. The maximum atomic E-state index is 11.7. The van der Waals surface area contributed by atoms with Gasteiger partial charge in [0.05, 0.1) is 0 Å². The molecule has 0 spiro atoms. The summed E-state index contributed by atoms with van der Waals surface area (Å²) in [5.41, 5.74) is 0. The van der Waals surface area contributed by atoms with Gasteiger partial charge in [-0.15, -0.1) is 0 Å². The van der Waals surface area contributed by atoms with Gasteiger partial charge in [-0.1, -0.05) is 0 Å². The molecule has 0 heterocycles. The third kappa shape index (κ3) is 10.7. The van der Waals surface area contributed by atoms with Gasteiger partial charge in [0.1, 0.15) is 12.2 Å². The number of unbranched alkanes of at least 4 members (excludes halogenated alkanes) is 2. The quantitative estimate of drug-likeness (QED) is 0.395. The van der Waals surface area contributed by atoms with Crippen molar-refractivity contribution in [1.29, 1.82) is 0 Å². The summed E-state index contributed by atoms with van der Waals surface area (Å²) in [6.45, 7) is 0. The van der Waals surface area contributed by atoms with Gasteiger partial charge >= 0.3 is 23.9 Å². The molecule has 0 radical (unpaired) electrons. The minimum absolute atomic E-state index is 0.0556. The van der Waals surface area contributed by atoms with Crippen molar-refractivity contribution in [2.24, 2.45) is 0 Å². The first-order chi connectivity index (χ1) is 12.4. The molecule has 0 saturated heterocycles. The monoisotopic (exact) mass is 372 g/mol. The first-order valence-electron chi connectivity index (χ1n) is 9.19. The van der Waals surface area contributed by atoms with Crippen LogP contribution in [0.3, 0.4) is 0 Å². The molecule has 1 aliphatic rings. The number of esters is 2. The van der Waals surface area contributed by atoms with E-state index >= 15 is 0 Å². The summed E-state index contributed by atoms with van der Waals surface area (Å²) in [4.78, 5) is 44.2. The molecular formula is C18H28O8. The third-order valence-electron chi connectivity index (χ3n) is 4.26. The van der Waals surface area contributed by atoms with Crippen molar-refractivity contribution in [3.8, 4) is 0 Å². The number of carbonyl (C=O) groups is 4. The van der Waals surface area contributed by atoms with Gasteiger partial charge in [0.25, 0.3) is 0 Å². The van der Waals surface area contributed by atoms with Crippen LogP contribution in [0.2, 0.25) is 0 Å². The van der Waals surface area contributed by atoms with E-state index in [-0.39, 0.29) is 49.8 Å². The molecule has 148 valence electrons. The average molecular weight is 372 g/mol. The second-order valence-corrected chi connectivity index (χ2v) is 6.58. The van der Waals surface area contributed by atoms with Gasteiger partial charge in [-0.25, -0.2) is 0 Å². The normalized spacial score (nSPS) is 19.5. The van der Waals surface area contributed by atoms with Crippen LogP contribution in [0.1, 0.15) is 77.0 Å². The first kappa shape index (κ1) is 21.9. The zero-order valence-corrected chi connectivity index (χ0v) is 15.0. The van der Waals surface area contributed by atoms with Crippen molar-refractivity contribution in [2.75, 3.05) is 0 Å². The highest BCUT2D eigenvalue weighted by Gasteiger charge is 2.26. The lowest BCUT2D eigenvalue weighted by Crippen LogP contribution is -2.29. The van der Waals surface area contributed by atoms with Gasteiger partial charge in [0.2, 0.25) is 0 Å². The fraction of sp³-hybridized carbons (Fsp3) is 0.778. The Kier molecular flexibility index (Phi) is 10.3. The van der Waals surface area contributed by atoms with Crippen molar-refractivity contribution in [1.82, 2.24) is 0 Å². The van der Waals surface area contributed by atoms with Gasteiger partial charge in [0, 0.05) is 25.7 Å². The van der Waals surface area contributed by atoms with E-state index in [1.54, 1.807) is 0 Å². The Morgan fingerprint density at radius 3 is 1.23 bits per heavy atom. The van der Waals surface area contributed by atoms with Crippen LogP contribution in [0.4, 0.5) is 0 Å². The predicted molar refractivity (Wildman–Crippen MR) is 90.4 cm³/mol. The van der Waals surface area contributed by atoms with E-state index in [9.17, 15) is 19.2 Å². The Labute approximate surface area is 152 Å². The van der Waals surface area contributed by atoms with E-state index in [0.717, 1.165) is 0 Å². The third-order valence-corrected chi connectivity index (χ3v) is 4.26. The molecule has 0 amide bonds. The molecule has 1 fully saturated rings. The molecule has 0 aromatic carbocycles. The van der Waals surface area contributed by atoms with Gasteiger partial charge in [-0.3, -0.25) is 19.2 Å². The van der Waals surface area contributed by atoms with Crippen molar-refractivity contribution in [3.63, 3.8) is 0 Å². The zero-order valence-electron chi connectivity index (χ0n) is 15.0. The highest BCUT2D eigenvalue weighted by Crippen LogP contribution is 2.24. The number of aliphatic carboxylic acids is 2. The molecule has 1 rings (SSSR count). The van der Waals surface area contributed by atoms with Crippen LogP contribution in [0.5, 0.6) is 0 Å². The van der Waals surface area contributed by atoms with E-state index in [2.05, 4.69) is 0 Å². The lowest BCUT2D eigenvalue weighted by Gasteiger charge is -2.28. The smallest absolute Gasteiger partial charge is 0.306 e. The number of hydrogen-bond donors (Lipinski definition) is 2. The Morgan fingerprint density at radius 1 is 0.615 bits per heavy atom. The molecule has 0 aromatic heterocycles. The van der Waals surface area contributed by atoms with Crippen LogP contribution in [0, 0.1) is 0 Å². The highest BCUT2D eigenvalue weighted by molar-refractivity contribution is 5.70. The first-order valence-corrected chi connectivity index (χ1v) is 9.19. The fourth-order valence-electron chi connectivity index (χ4n) is 2.85. The van der Waals surface area contributed by atoms with Crippen LogP contribution in [0.25, 0.3) is 0 Å². The van der Waals surface area contributed by atoms with Crippen LogP contribution >= 0.6 is 0 Å². The fourth-order valence-corrected chi connectivity index (χ4v) is 2.85. The zero-order chi connectivity index (χ0) is 19.4. The minimum atomic E-state index is -0.867. The Bertz CT molecular complexity index is 436. The highest BCUT2D eigenvalue weighted by atomic mass is 16.6. The number of ether oxygens (including phenoxy) is 2. The molecule has 0 aliphatic heterocycles. The van der Waals surface area contributed by atoms with E-state index in [1.807, 2.05) is 0 Å². The molecule has 0 atom stereocenters. The van der Waals surface area contributed by atoms with Crippen LogP contribution in [-0.2, 0) is 28.7 Å². The largest absolute Gasteiger partial charge is 0.481 e. The summed E-state index contributed by atoms with van der Waals surface area (Å²) in [5.74, 6) is -2.36. The summed E-state index contributed by atoms with van der Waals surface area (Å²) < 4.78 is 10.7. The second-order valence-electron chi connectivity index (χ2n) is 6.58. The number of carbonyl (C=O) groups excluding carboxylic acids is 2. The summed E-state index contributed by atoms with van der Waals surface area (Å²) in [5, 5.41) is 17.1. The molecule has 8 heteroatoms. The maximum absolute atomic E-state index is 11.7. The SMILES string of the molecule is O=C(O)CCCCC(=O)O[C@H]1CC[C@H](OC(=O)CCCCC(=O)O)CC1. The summed E-state index contributed by atoms with van der Waals surface area (Å²) in [6, 6.07) is 0. The van der Waals surface area contributed by atoms with Gasteiger partial charge in [-0.05, 0) is 51.4 Å². The number of carboxylic acid groups (broad SMARTS) is 2. The molecular weight excluding hydrogens is 344 g/mol. The van der Waals surface area contributed by atoms with Gasteiger partial charge in [-0.2, -0.15) is 0 Å². The van der Waals surface area contributed by atoms with E-state index in [1.165, 1.54) is 0 Å². The molecule has 1 aliphatic carbocycles. The molecule has 1 saturated carbocycles. The number of rotatable bonds is 12. The van der Waals surface area contributed by atoms with Crippen LogP contribution < -0.4 is 0 Å². The summed E-state index contributed by atoms with van der Waals surface area (Å²) in [6.07, 6.45) is 4.67. The van der Waals surface area contributed by atoms with Crippen LogP contribution in [-0.4, -0.2) is 46.3 Å². The number of hydrogen-bond acceptors (Lipinski definition) is 6. The predicted octanol–water partition coefficient (Wildman–Crippen LogP) is 2.67. The summed E-state index contributed by atoms with van der Waals surface area (Å²) in [7, 11) is 0. The molecule has 8 nitrogen and oxygen atoms in total. The Hall–Kier alpha value is -2.12. The molecule has 0 unspecified atom stereocenters. The van der Waals surface area contributed by atoms with Gasteiger partial charge < -0.3 is 19.7 Å². The number of carboxylic acids is 2.